The van der Waals surface area contributed by atoms with Gasteiger partial charge in [0.05, 0.1) is 25.1 Å². The number of nitrogens with zero attached hydrogens (tertiary/aromatic N) is 4. The monoisotopic (exact) mass is 525 g/mol. The fourth-order valence-corrected chi connectivity index (χ4v) is 5.68. The van der Waals surface area contributed by atoms with Gasteiger partial charge < -0.3 is 24.5 Å². The van der Waals surface area contributed by atoms with Crippen molar-refractivity contribution in [1.82, 2.24) is 29.7 Å². The summed E-state index contributed by atoms with van der Waals surface area (Å²) in [7, 11) is -3.61. The first-order valence-corrected chi connectivity index (χ1v) is 13.9. The molecule has 0 amide bonds. The van der Waals surface area contributed by atoms with E-state index in [1.807, 2.05) is 0 Å². The van der Waals surface area contributed by atoms with Crippen molar-refractivity contribution < 1.29 is 28.4 Å². The molecule has 3 rings (SSSR count). The van der Waals surface area contributed by atoms with E-state index in [1.165, 1.54) is 6.33 Å². The van der Waals surface area contributed by atoms with Crippen molar-refractivity contribution in [3.05, 3.63) is 12.7 Å². The van der Waals surface area contributed by atoms with Crippen LogP contribution in [0, 0.1) is 0 Å². The molecule has 0 aliphatic heterocycles. The molecule has 0 radical (unpaired) electrons. The lowest BCUT2D eigenvalue weighted by atomic mass is 9.96. The maximum Gasteiger partial charge on any atom is 0.323 e. The summed E-state index contributed by atoms with van der Waals surface area (Å²) in [5.74, 6) is -0.795. The number of anilines is 1. The highest BCUT2D eigenvalue weighted by atomic mass is 31.2. The summed E-state index contributed by atoms with van der Waals surface area (Å²) < 4.78 is 32.1. The summed E-state index contributed by atoms with van der Waals surface area (Å²) in [6, 6.07) is -1.79. The van der Waals surface area contributed by atoms with E-state index < -0.39 is 37.6 Å². The average Bonchev–Trinajstić information content (AvgIpc) is 3.18. The number of imidazole rings is 1. The third kappa shape index (κ3) is 7.45. The molecule has 0 bridgehead atoms. The van der Waals surface area contributed by atoms with E-state index in [-0.39, 0.29) is 24.4 Å². The normalized spacial score (nSPS) is 18.3. The molecule has 14 heteroatoms. The Morgan fingerprint density at radius 2 is 1.78 bits per heavy atom. The molecule has 0 unspecified atom stereocenters. The van der Waals surface area contributed by atoms with Crippen LogP contribution in [-0.2, 0) is 34.9 Å². The molecule has 1 aliphatic carbocycles. The van der Waals surface area contributed by atoms with Gasteiger partial charge in [0.1, 0.15) is 36.4 Å². The highest BCUT2D eigenvalue weighted by molar-refractivity contribution is 7.59. The number of carbonyl (C=O) groups is 2. The van der Waals surface area contributed by atoms with Gasteiger partial charge in [-0.25, -0.2) is 25.1 Å². The smallest absolute Gasteiger partial charge is 0.323 e. The molecule has 0 aromatic carbocycles. The molecular weight excluding hydrogens is 489 g/mol. The van der Waals surface area contributed by atoms with E-state index in [1.54, 1.807) is 45.5 Å². The van der Waals surface area contributed by atoms with E-state index >= 15 is 0 Å². The third-order valence-electron chi connectivity index (χ3n) is 5.62. The van der Waals surface area contributed by atoms with Crippen molar-refractivity contribution in [3.8, 4) is 0 Å². The Balaban J connectivity index is 1.66. The Morgan fingerprint density at radius 3 is 2.39 bits per heavy atom. The second-order valence-corrected chi connectivity index (χ2v) is 11.6. The Hall–Kier alpha value is -2.60. The van der Waals surface area contributed by atoms with Crippen LogP contribution in [0.5, 0.6) is 0 Å². The lowest BCUT2D eigenvalue weighted by Gasteiger charge is -2.30. The average molecular weight is 526 g/mol. The van der Waals surface area contributed by atoms with E-state index in [2.05, 4.69) is 25.1 Å². The number of hydrogen-bond acceptors (Lipinski definition) is 10. The van der Waals surface area contributed by atoms with Gasteiger partial charge in [-0.3, -0.25) is 14.2 Å². The number of ether oxygens (including phenoxy) is 3. The highest BCUT2D eigenvalue weighted by Gasteiger charge is 2.34. The summed E-state index contributed by atoms with van der Waals surface area (Å²) in [5, 5.41) is 5.62. The molecule has 4 atom stereocenters. The molecule has 1 saturated carbocycles. The molecule has 0 spiro atoms. The van der Waals surface area contributed by atoms with Gasteiger partial charge in [0, 0.05) is 0 Å². The molecule has 0 saturated heterocycles. The molecule has 4 N–H and O–H groups in total. The van der Waals surface area contributed by atoms with Crippen molar-refractivity contribution in [2.75, 3.05) is 12.1 Å². The maximum absolute atomic E-state index is 13.8. The number of carbonyl (C=O) groups excluding carboxylic acids is 2. The Bertz CT molecular complexity index is 1110. The molecule has 1 fully saturated rings. The van der Waals surface area contributed by atoms with Crippen LogP contribution < -0.4 is 15.9 Å². The highest BCUT2D eigenvalue weighted by Crippen LogP contribution is 2.38. The summed E-state index contributed by atoms with van der Waals surface area (Å²) in [6.07, 6.45) is 4.45. The van der Waals surface area contributed by atoms with Crippen molar-refractivity contribution >= 4 is 36.4 Å². The molecule has 2 aromatic rings. The SMILES string of the molecule is CC(C)OC(=O)[C@H](C)N[P@@](=O)(CO[C@H](C)Cn1cnc2c(N)ncnc21)N[C@H](C)C(=O)OC1CCC1. The Kier molecular flexibility index (Phi) is 9.40. The zero-order valence-corrected chi connectivity index (χ0v) is 22.2. The van der Waals surface area contributed by atoms with Crippen LogP contribution in [0.2, 0.25) is 0 Å². The number of nitrogens with one attached hydrogen (secondary N) is 2. The number of hydrogen-bond donors (Lipinski definition) is 3. The van der Waals surface area contributed by atoms with Crippen LogP contribution >= 0.6 is 7.44 Å². The van der Waals surface area contributed by atoms with E-state index in [0.29, 0.717) is 17.7 Å². The van der Waals surface area contributed by atoms with Crippen molar-refractivity contribution in [2.45, 2.75) is 90.8 Å². The molecule has 13 nitrogen and oxygen atoms in total. The van der Waals surface area contributed by atoms with Gasteiger partial charge in [-0.05, 0) is 53.9 Å². The molecule has 2 aromatic heterocycles. The van der Waals surface area contributed by atoms with Crippen molar-refractivity contribution in [2.24, 2.45) is 0 Å². The molecule has 2 heterocycles. The second kappa shape index (κ2) is 12.1. The number of fused-ring (bicyclic) bond motifs is 1. The van der Waals surface area contributed by atoms with Crippen LogP contribution in [0.1, 0.15) is 53.9 Å². The van der Waals surface area contributed by atoms with Gasteiger partial charge >= 0.3 is 11.9 Å². The molecular formula is C22H36N7O6P. The first kappa shape index (κ1) is 28.0. The van der Waals surface area contributed by atoms with Gasteiger partial charge in [-0.2, -0.15) is 0 Å². The zero-order chi connectivity index (χ0) is 26.5. The minimum Gasteiger partial charge on any atom is -0.462 e. The Labute approximate surface area is 210 Å². The minimum atomic E-state index is -3.61. The summed E-state index contributed by atoms with van der Waals surface area (Å²) >= 11 is 0. The first-order valence-electron chi connectivity index (χ1n) is 12.1. The quantitative estimate of drug-likeness (QED) is 0.257. The summed E-state index contributed by atoms with van der Waals surface area (Å²) in [5.41, 5.74) is 6.88. The zero-order valence-electron chi connectivity index (χ0n) is 21.3. The predicted molar refractivity (Wildman–Crippen MR) is 133 cm³/mol. The minimum absolute atomic E-state index is 0.104. The van der Waals surface area contributed by atoms with Crippen LogP contribution in [0.4, 0.5) is 5.82 Å². The van der Waals surface area contributed by atoms with Crippen LogP contribution in [-0.4, -0.2) is 68.2 Å². The number of rotatable bonds is 13. The molecule has 36 heavy (non-hydrogen) atoms. The molecule has 200 valence electrons. The van der Waals surface area contributed by atoms with Gasteiger partial charge in [0.15, 0.2) is 11.5 Å². The van der Waals surface area contributed by atoms with Crippen LogP contribution in [0.25, 0.3) is 11.2 Å². The number of esters is 2. The predicted octanol–water partition coefficient (Wildman–Crippen LogP) is 1.97. The molecule has 1 aliphatic rings. The fourth-order valence-electron chi connectivity index (χ4n) is 3.53. The maximum atomic E-state index is 13.8. The van der Waals surface area contributed by atoms with Crippen molar-refractivity contribution in [1.29, 1.82) is 0 Å². The third-order valence-corrected chi connectivity index (χ3v) is 7.74. The summed E-state index contributed by atoms with van der Waals surface area (Å²) in [6.45, 7) is 8.70. The lowest BCUT2D eigenvalue weighted by molar-refractivity contribution is -0.154. The first-order chi connectivity index (χ1) is 17.0. The lowest BCUT2D eigenvalue weighted by Crippen LogP contribution is -2.44. The fraction of sp³-hybridized carbons (Fsp3) is 0.682. The van der Waals surface area contributed by atoms with E-state index in [0.717, 1.165) is 19.3 Å². The van der Waals surface area contributed by atoms with E-state index in [9.17, 15) is 14.2 Å². The van der Waals surface area contributed by atoms with Crippen molar-refractivity contribution in [3.63, 3.8) is 0 Å². The Morgan fingerprint density at radius 1 is 1.11 bits per heavy atom. The van der Waals surface area contributed by atoms with Gasteiger partial charge in [0.25, 0.3) is 0 Å². The van der Waals surface area contributed by atoms with E-state index in [4.69, 9.17) is 19.9 Å². The van der Waals surface area contributed by atoms with Gasteiger partial charge in [-0.1, -0.05) is 0 Å². The largest absolute Gasteiger partial charge is 0.462 e. The van der Waals surface area contributed by atoms with Crippen LogP contribution in [0.3, 0.4) is 0 Å². The number of nitrogen functional groups attached to an aromatic ring is 1. The number of nitrogens with two attached hydrogens (primary N) is 1. The second-order valence-electron chi connectivity index (χ2n) is 9.35. The van der Waals surface area contributed by atoms with Crippen LogP contribution in [0.15, 0.2) is 12.7 Å². The van der Waals surface area contributed by atoms with Gasteiger partial charge in [0.2, 0.25) is 7.44 Å². The standard InChI is InChI=1S/C22H36N7O6P/c1-13(2)34-21(30)15(4)27-36(32,28-16(5)22(31)35-17-7-6-8-17)12-33-14(3)9-29-11-26-18-19(23)24-10-25-20(18)29/h10-11,13-17H,6-9,12H2,1-5H3,(H2,23,24,25)(H2,27,28,32)/t14-,15+,16-,36+/m1/s1. The van der Waals surface area contributed by atoms with Gasteiger partial charge in [-0.15, -0.1) is 0 Å². The topological polar surface area (TPSA) is 173 Å². The number of aromatic nitrogens is 4. The summed E-state index contributed by atoms with van der Waals surface area (Å²) in [4.78, 5) is 37.2.